The monoisotopic (exact) mass is 294 g/mol. The minimum atomic E-state index is -0.0166. The van der Waals surface area contributed by atoms with E-state index in [0.29, 0.717) is 11.8 Å². The average molecular weight is 295 g/mol. The Kier molecular flexibility index (Phi) is 4.35. The van der Waals surface area contributed by atoms with Crippen LogP contribution in [-0.4, -0.2) is 36.0 Å². The Morgan fingerprint density at radius 3 is 2.85 bits per heavy atom. The Labute approximate surface area is 124 Å². The van der Waals surface area contributed by atoms with E-state index in [1.165, 1.54) is 0 Å². The first-order chi connectivity index (χ1) is 9.16. The number of piperazine rings is 1. The number of rotatable bonds is 1. The van der Waals surface area contributed by atoms with Crippen LogP contribution in [0.15, 0.2) is 34.7 Å². The van der Waals surface area contributed by atoms with Gasteiger partial charge in [-0.1, -0.05) is 18.2 Å². The highest BCUT2D eigenvalue weighted by Crippen LogP contribution is 2.21. The van der Waals surface area contributed by atoms with Crippen molar-refractivity contribution >= 4 is 29.3 Å². The van der Waals surface area contributed by atoms with Gasteiger partial charge in [0.25, 0.3) is 5.91 Å². The molecular weight excluding hydrogens is 276 g/mol. The second-order valence-corrected chi connectivity index (χ2v) is 5.13. The summed E-state index contributed by atoms with van der Waals surface area (Å²) in [4.78, 5) is 14.4. The largest absolute Gasteiger partial charge is 0.451 e. The van der Waals surface area contributed by atoms with E-state index in [0.717, 1.165) is 24.1 Å². The number of halogens is 1. The SMILES string of the molecule is CC1NCCN(C(=O)c2cc3ccccc3o2)C1C.Cl. The number of hydrogen-bond donors (Lipinski definition) is 1. The number of nitrogens with one attached hydrogen (secondary N) is 1. The van der Waals surface area contributed by atoms with Gasteiger partial charge in [0, 0.05) is 30.6 Å². The summed E-state index contributed by atoms with van der Waals surface area (Å²) in [6.07, 6.45) is 0. The van der Waals surface area contributed by atoms with E-state index in [2.05, 4.69) is 19.2 Å². The van der Waals surface area contributed by atoms with Gasteiger partial charge in [-0.05, 0) is 26.0 Å². The Balaban J connectivity index is 0.00000147. The molecule has 0 saturated carbocycles. The fourth-order valence-electron chi connectivity index (χ4n) is 2.57. The van der Waals surface area contributed by atoms with Crippen LogP contribution in [0.2, 0.25) is 0 Å². The van der Waals surface area contributed by atoms with E-state index in [-0.39, 0.29) is 24.4 Å². The van der Waals surface area contributed by atoms with Gasteiger partial charge < -0.3 is 14.6 Å². The number of para-hydroxylation sites is 1. The van der Waals surface area contributed by atoms with Crippen molar-refractivity contribution in [2.24, 2.45) is 0 Å². The standard InChI is InChI=1S/C15H18N2O2.ClH/c1-10-11(2)17(8-7-16-10)15(18)14-9-12-5-3-4-6-13(12)19-14;/h3-6,9-11,16H,7-8H2,1-2H3;1H. The molecule has 4 nitrogen and oxygen atoms in total. The molecule has 20 heavy (non-hydrogen) atoms. The van der Waals surface area contributed by atoms with Crippen LogP contribution in [0.1, 0.15) is 24.4 Å². The number of amides is 1. The second kappa shape index (κ2) is 5.85. The van der Waals surface area contributed by atoms with E-state index in [4.69, 9.17) is 4.42 Å². The third-order valence-electron chi connectivity index (χ3n) is 3.93. The highest BCUT2D eigenvalue weighted by atomic mass is 35.5. The van der Waals surface area contributed by atoms with E-state index in [1.54, 1.807) is 0 Å². The molecule has 2 unspecified atom stereocenters. The maximum absolute atomic E-state index is 12.5. The van der Waals surface area contributed by atoms with Crippen LogP contribution in [0.4, 0.5) is 0 Å². The van der Waals surface area contributed by atoms with Gasteiger partial charge in [0.15, 0.2) is 5.76 Å². The van der Waals surface area contributed by atoms with Crippen molar-refractivity contribution in [3.05, 3.63) is 36.1 Å². The predicted molar refractivity (Wildman–Crippen MR) is 81.4 cm³/mol. The number of carbonyl (C=O) groups excluding carboxylic acids is 1. The molecule has 1 fully saturated rings. The normalized spacial score (nSPS) is 22.6. The number of furan rings is 1. The summed E-state index contributed by atoms with van der Waals surface area (Å²) in [5, 5.41) is 4.34. The number of fused-ring (bicyclic) bond motifs is 1. The summed E-state index contributed by atoms with van der Waals surface area (Å²) in [6, 6.07) is 10.0. The molecule has 1 amide bonds. The van der Waals surface area contributed by atoms with Crippen LogP contribution < -0.4 is 5.32 Å². The zero-order chi connectivity index (χ0) is 13.4. The number of carbonyl (C=O) groups is 1. The molecule has 1 aromatic carbocycles. The molecule has 1 N–H and O–H groups in total. The maximum Gasteiger partial charge on any atom is 0.289 e. The molecule has 108 valence electrons. The summed E-state index contributed by atoms with van der Waals surface area (Å²) < 4.78 is 5.66. The van der Waals surface area contributed by atoms with Crippen molar-refractivity contribution in [3.63, 3.8) is 0 Å². The van der Waals surface area contributed by atoms with Crippen LogP contribution in [0.3, 0.4) is 0 Å². The number of nitrogens with zero attached hydrogens (tertiary/aromatic N) is 1. The fraction of sp³-hybridized carbons (Fsp3) is 0.400. The summed E-state index contributed by atoms with van der Waals surface area (Å²) >= 11 is 0. The predicted octanol–water partition coefficient (Wildman–Crippen LogP) is 2.68. The maximum atomic E-state index is 12.5. The van der Waals surface area contributed by atoms with Crippen LogP contribution in [0, 0.1) is 0 Å². The molecule has 2 heterocycles. The van der Waals surface area contributed by atoms with Crippen LogP contribution in [0.25, 0.3) is 11.0 Å². The van der Waals surface area contributed by atoms with E-state index >= 15 is 0 Å². The Morgan fingerprint density at radius 2 is 2.10 bits per heavy atom. The molecule has 2 aromatic rings. The van der Waals surface area contributed by atoms with Gasteiger partial charge in [0.2, 0.25) is 0 Å². The minimum absolute atomic E-state index is 0. The lowest BCUT2D eigenvalue weighted by molar-refractivity contribution is 0.0573. The first-order valence-corrected chi connectivity index (χ1v) is 6.70. The van der Waals surface area contributed by atoms with E-state index < -0.39 is 0 Å². The molecule has 1 aromatic heterocycles. The van der Waals surface area contributed by atoms with Gasteiger partial charge in [-0.2, -0.15) is 0 Å². The molecule has 5 heteroatoms. The first kappa shape index (κ1) is 14.9. The molecule has 0 bridgehead atoms. The van der Waals surface area contributed by atoms with Crippen LogP contribution in [-0.2, 0) is 0 Å². The molecule has 0 aliphatic carbocycles. The van der Waals surface area contributed by atoms with Gasteiger partial charge in [-0.25, -0.2) is 0 Å². The van der Waals surface area contributed by atoms with Crippen molar-refractivity contribution in [1.29, 1.82) is 0 Å². The Morgan fingerprint density at radius 1 is 1.35 bits per heavy atom. The number of hydrogen-bond acceptors (Lipinski definition) is 3. The lowest BCUT2D eigenvalue weighted by Gasteiger charge is -2.38. The van der Waals surface area contributed by atoms with Gasteiger partial charge in [0.1, 0.15) is 5.58 Å². The van der Waals surface area contributed by atoms with Gasteiger partial charge in [-0.3, -0.25) is 4.79 Å². The molecule has 1 aliphatic heterocycles. The third-order valence-corrected chi connectivity index (χ3v) is 3.93. The molecule has 1 aliphatic rings. The first-order valence-electron chi connectivity index (χ1n) is 6.70. The van der Waals surface area contributed by atoms with Crippen molar-refractivity contribution < 1.29 is 9.21 Å². The molecule has 0 spiro atoms. The van der Waals surface area contributed by atoms with Crippen molar-refractivity contribution in [2.75, 3.05) is 13.1 Å². The lowest BCUT2D eigenvalue weighted by Crippen LogP contribution is -2.57. The van der Waals surface area contributed by atoms with Gasteiger partial charge in [-0.15, -0.1) is 12.4 Å². The lowest BCUT2D eigenvalue weighted by atomic mass is 10.1. The summed E-state index contributed by atoms with van der Waals surface area (Å²) in [6.45, 7) is 5.72. The highest BCUT2D eigenvalue weighted by molar-refractivity contribution is 5.96. The molecular formula is C15H19ClN2O2. The topological polar surface area (TPSA) is 45.5 Å². The Bertz CT molecular complexity index is 578. The summed E-state index contributed by atoms with van der Waals surface area (Å²) in [5.74, 6) is 0.416. The summed E-state index contributed by atoms with van der Waals surface area (Å²) in [5.41, 5.74) is 0.765. The molecule has 2 atom stereocenters. The third kappa shape index (κ3) is 2.53. The van der Waals surface area contributed by atoms with E-state index in [1.807, 2.05) is 35.2 Å². The smallest absolute Gasteiger partial charge is 0.289 e. The van der Waals surface area contributed by atoms with Gasteiger partial charge >= 0.3 is 0 Å². The average Bonchev–Trinajstić information content (AvgIpc) is 2.85. The second-order valence-electron chi connectivity index (χ2n) is 5.13. The van der Waals surface area contributed by atoms with Crippen molar-refractivity contribution in [1.82, 2.24) is 10.2 Å². The van der Waals surface area contributed by atoms with Crippen LogP contribution in [0.5, 0.6) is 0 Å². The van der Waals surface area contributed by atoms with Crippen molar-refractivity contribution in [2.45, 2.75) is 25.9 Å². The molecule has 3 rings (SSSR count). The Hall–Kier alpha value is -1.52. The zero-order valence-corrected chi connectivity index (χ0v) is 12.4. The highest BCUT2D eigenvalue weighted by Gasteiger charge is 2.30. The molecule has 1 saturated heterocycles. The fourth-order valence-corrected chi connectivity index (χ4v) is 2.57. The van der Waals surface area contributed by atoms with Gasteiger partial charge in [0.05, 0.1) is 0 Å². The minimum Gasteiger partial charge on any atom is -0.451 e. The quantitative estimate of drug-likeness (QED) is 0.879. The molecule has 0 radical (unpaired) electrons. The van der Waals surface area contributed by atoms with Crippen molar-refractivity contribution in [3.8, 4) is 0 Å². The summed E-state index contributed by atoms with van der Waals surface area (Å²) in [7, 11) is 0. The van der Waals surface area contributed by atoms with E-state index in [9.17, 15) is 4.79 Å². The zero-order valence-electron chi connectivity index (χ0n) is 11.6. The van der Waals surface area contributed by atoms with Crippen LogP contribution >= 0.6 is 12.4 Å². The number of benzene rings is 1.